The van der Waals surface area contributed by atoms with E-state index in [4.69, 9.17) is 0 Å². The molecule has 2 heterocycles. The van der Waals surface area contributed by atoms with E-state index in [1.54, 1.807) is 0 Å². The quantitative estimate of drug-likeness (QED) is 0.830. The van der Waals surface area contributed by atoms with Crippen molar-refractivity contribution in [1.82, 2.24) is 14.1 Å². The zero-order valence-electron chi connectivity index (χ0n) is 14.0. The highest BCUT2D eigenvalue weighted by Crippen LogP contribution is 2.25. The number of halogens is 2. The van der Waals surface area contributed by atoms with Crippen LogP contribution in [0.3, 0.4) is 0 Å². The Balaban J connectivity index is 1.76. The molecule has 136 valence electrons. The molecule has 6 nitrogen and oxygen atoms in total. The summed E-state index contributed by atoms with van der Waals surface area (Å²) in [5.41, 5.74) is 2.20. The molecule has 1 aliphatic heterocycles. The SMILES string of the molecule is Cc1ccc(N2CCN(S(=O)(=O)c3cnn(C(F)F)c3)CC2C)cc1. The summed E-state index contributed by atoms with van der Waals surface area (Å²) in [5.74, 6) is 0. The van der Waals surface area contributed by atoms with Crippen LogP contribution < -0.4 is 4.90 Å². The maximum absolute atomic E-state index is 12.7. The molecule has 0 radical (unpaired) electrons. The summed E-state index contributed by atoms with van der Waals surface area (Å²) in [6.07, 6.45) is 1.84. The van der Waals surface area contributed by atoms with Crippen LogP contribution in [0.1, 0.15) is 19.0 Å². The molecule has 0 N–H and O–H groups in total. The lowest BCUT2D eigenvalue weighted by Gasteiger charge is -2.40. The minimum atomic E-state index is -3.83. The summed E-state index contributed by atoms with van der Waals surface area (Å²) >= 11 is 0. The maximum Gasteiger partial charge on any atom is 0.333 e. The minimum absolute atomic E-state index is 0.0311. The van der Waals surface area contributed by atoms with Gasteiger partial charge in [-0.15, -0.1) is 0 Å². The second-order valence-electron chi connectivity index (χ2n) is 6.17. The summed E-state index contributed by atoms with van der Waals surface area (Å²) in [6, 6.07) is 8.04. The predicted octanol–water partition coefficient (Wildman–Crippen LogP) is 2.49. The van der Waals surface area contributed by atoms with Crippen LogP contribution in [-0.2, 0) is 10.0 Å². The lowest BCUT2D eigenvalue weighted by molar-refractivity contribution is 0.0563. The van der Waals surface area contributed by atoms with Crippen LogP contribution in [0.15, 0.2) is 41.6 Å². The third kappa shape index (κ3) is 3.52. The average Bonchev–Trinajstić information content (AvgIpc) is 3.07. The number of alkyl halides is 2. The van der Waals surface area contributed by atoms with Crippen molar-refractivity contribution >= 4 is 15.7 Å². The Kier molecular flexibility index (Phi) is 4.79. The van der Waals surface area contributed by atoms with Gasteiger partial charge in [-0.1, -0.05) is 17.7 Å². The highest BCUT2D eigenvalue weighted by atomic mass is 32.2. The van der Waals surface area contributed by atoms with E-state index < -0.39 is 16.6 Å². The van der Waals surface area contributed by atoms with Gasteiger partial charge in [0.1, 0.15) is 4.90 Å². The van der Waals surface area contributed by atoms with Crippen molar-refractivity contribution in [2.75, 3.05) is 24.5 Å². The highest BCUT2D eigenvalue weighted by molar-refractivity contribution is 7.89. The number of hydrogen-bond acceptors (Lipinski definition) is 4. The van der Waals surface area contributed by atoms with E-state index in [9.17, 15) is 17.2 Å². The Morgan fingerprint density at radius 3 is 2.44 bits per heavy atom. The molecular formula is C16H20F2N4O2S. The van der Waals surface area contributed by atoms with E-state index in [-0.39, 0.29) is 17.5 Å². The predicted molar refractivity (Wildman–Crippen MR) is 90.2 cm³/mol. The number of aryl methyl sites for hydroxylation is 1. The van der Waals surface area contributed by atoms with Gasteiger partial charge in [-0.2, -0.15) is 18.2 Å². The highest BCUT2D eigenvalue weighted by Gasteiger charge is 2.33. The molecule has 1 unspecified atom stereocenters. The lowest BCUT2D eigenvalue weighted by Crippen LogP contribution is -2.53. The van der Waals surface area contributed by atoms with Gasteiger partial charge in [0, 0.05) is 31.4 Å². The Bertz CT molecular complexity index is 836. The summed E-state index contributed by atoms with van der Waals surface area (Å²) in [4.78, 5) is 1.94. The van der Waals surface area contributed by atoms with Crippen molar-refractivity contribution in [2.45, 2.75) is 31.3 Å². The fraction of sp³-hybridized carbons (Fsp3) is 0.438. The second kappa shape index (κ2) is 6.72. The normalized spacial score (nSPS) is 19.6. The first kappa shape index (κ1) is 17.8. The van der Waals surface area contributed by atoms with Crippen molar-refractivity contribution in [3.63, 3.8) is 0 Å². The number of sulfonamides is 1. The molecule has 0 bridgehead atoms. The molecule has 1 fully saturated rings. The van der Waals surface area contributed by atoms with E-state index >= 15 is 0 Å². The molecule has 3 rings (SSSR count). The number of benzene rings is 1. The van der Waals surface area contributed by atoms with E-state index in [2.05, 4.69) is 10.00 Å². The fourth-order valence-electron chi connectivity index (χ4n) is 2.97. The van der Waals surface area contributed by atoms with Crippen molar-refractivity contribution in [1.29, 1.82) is 0 Å². The number of nitrogens with zero attached hydrogens (tertiary/aromatic N) is 4. The number of anilines is 1. The number of aromatic nitrogens is 2. The van der Waals surface area contributed by atoms with Gasteiger partial charge in [0.05, 0.1) is 12.4 Å². The molecule has 1 atom stereocenters. The molecule has 0 saturated carbocycles. The molecule has 0 spiro atoms. The number of piperazine rings is 1. The Hall–Kier alpha value is -2.00. The van der Waals surface area contributed by atoms with Gasteiger partial charge < -0.3 is 4.90 Å². The minimum Gasteiger partial charge on any atom is -0.366 e. The summed E-state index contributed by atoms with van der Waals surface area (Å²) in [7, 11) is -3.83. The van der Waals surface area contributed by atoms with Crippen LogP contribution in [0.5, 0.6) is 0 Å². The smallest absolute Gasteiger partial charge is 0.333 e. The van der Waals surface area contributed by atoms with Gasteiger partial charge in [0.15, 0.2) is 0 Å². The largest absolute Gasteiger partial charge is 0.366 e. The molecule has 0 aliphatic carbocycles. The Morgan fingerprint density at radius 2 is 1.88 bits per heavy atom. The van der Waals surface area contributed by atoms with E-state index in [1.165, 1.54) is 4.31 Å². The summed E-state index contributed by atoms with van der Waals surface area (Å²) in [5, 5.41) is 3.42. The molecule has 2 aromatic rings. The first-order valence-corrected chi connectivity index (χ1v) is 9.39. The topological polar surface area (TPSA) is 58.4 Å². The van der Waals surface area contributed by atoms with Gasteiger partial charge >= 0.3 is 6.55 Å². The van der Waals surface area contributed by atoms with Gasteiger partial charge in [-0.05, 0) is 26.0 Å². The van der Waals surface area contributed by atoms with Crippen LogP contribution in [0.25, 0.3) is 0 Å². The fourth-order valence-corrected chi connectivity index (χ4v) is 4.43. The first-order chi connectivity index (χ1) is 11.8. The van der Waals surface area contributed by atoms with Crippen LogP contribution >= 0.6 is 0 Å². The zero-order valence-corrected chi connectivity index (χ0v) is 14.8. The third-order valence-corrected chi connectivity index (χ3v) is 6.19. The standard InChI is InChI=1S/C16H20F2N4O2S/c1-12-3-5-14(6-4-12)21-8-7-20(10-13(21)2)25(23,24)15-9-19-22(11-15)16(17)18/h3-6,9,11,13,16H,7-8,10H2,1-2H3. The summed E-state index contributed by atoms with van der Waals surface area (Å²) in [6.45, 7) is 2.21. The van der Waals surface area contributed by atoms with Gasteiger partial charge in [0.25, 0.3) is 0 Å². The van der Waals surface area contributed by atoms with E-state index in [0.29, 0.717) is 17.8 Å². The molecule has 1 aromatic carbocycles. The molecule has 1 saturated heterocycles. The van der Waals surface area contributed by atoms with Crippen LogP contribution in [0.4, 0.5) is 14.5 Å². The molecule has 9 heteroatoms. The second-order valence-corrected chi connectivity index (χ2v) is 8.11. The molecule has 1 aromatic heterocycles. The first-order valence-electron chi connectivity index (χ1n) is 7.95. The van der Waals surface area contributed by atoms with Crippen molar-refractivity contribution in [3.05, 3.63) is 42.2 Å². The number of rotatable bonds is 4. The van der Waals surface area contributed by atoms with E-state index in [1.807, 2.05) is 38.1 Å². The lowest BCUT2D eigenvalue weighted by atomic mass is 10.1. The molecule has 25 heavy (non-hydrogen) atoms. The molecule has 0 amide bonds. The Labute approximate surface area is 145 Å². The zero-order chi connectivity index (χ0) is 18.2. The monoisotopic (exact) mass is 370 g/mol. The third-order valence-electron chi connectivity index (χ3n) is 4.37. The van der Waals surface area contributed by atoms with Gasteiger partial charge in [0.2, 0.25) is 10.0 Å². The van der Waals surface area contributed by atoms with Crippen LogP contribution in [0.2, 0.25) is 0 Å². The summed E-state index contributed by atoms with van der Waals surface area (Å²) < 4.78 is 52.3. The Morgan fingerprint density at radius 1 is 1.20 bits per heavy atom. The average molecular weight is 370 g/mol. The van der Waals surface area contributed by atoms with Crippen molar-refractivity contribution < 1.29 is 17.2 Å². The van der Waals surface area contributed by atoms with Gasteiger partial charge in [-0.3, -0.25) is 0 Å². The van der Waals surface area contributed by atoms with E-state index in [0.717, 1.165) is 23.6 Å². The van der Waals surface area contributed by atoms with Gasteiger partial charge in [-0.25, -0.2) is 13.1 Å². The molecular weight excluding hydrogens is 350 g/mol. The number of hydrogen-bond donors (Lipinski definition) is 0. The molecule has 1 aliphatic rings. The van der Waals surface area contributed by atoms with Crippen molar-refractivity contribution in [2.24, 2.45) is 0 Å². The van der Waals surface area contributed by atoms with Crippen molar-refractivity contribution in [3.8, 4) is 0 Å². The van der Waals surface area contributed by atoms with Crippen LogP contribution in [-0.4, -0.2) is 48.2 Å². The van der Waals surface area contributed by atoms with Crippen LogP contribution in [0, 0.1) is 6.92 Å². The maximum atomic E-state index is 12.7.